The molecular formula is C25H23FN4O3. The van der Waals surface area contributed by atoms with E-state index in [-0.39, 0.29) is 30.1 Å². The number of imide groups is 1. The second-order valence-corrected chi connectivity index (χ2v) is 7.83. The molecule has 1 N–H and O–H groups in total. The van der Waals surface area contributed by atoms with E-state index in [4.69, 9.17) is 0 Å². The zero-order valence-electron chi connectivity index (χ0n) is 18.1. The highest BCUT2D eigenvalue weighted by atomic mass is 19.1. The average Bonchev–Trinajstić information content (AvgIpc) is 3.17. The van der Waals surface area contributed by atoms with Crippen molar-refractivity contribution >= 4 is 29.5 Å². The molecule has 0 bridgehead atoms. The number of likely N-dealkylation sites (tertiary alicyclic amines) is 1. The lowest BCUT2D eigenvalue weighted by Crippen LogP contribution is -2.39. The SMILES string of the molecule is Cn1ncc(C=CC(=O)Nc2ccc(CN3C(=O)CCCC3=O)cc2)c1-c1ccc(F)cc1. The van der Waals surface area contributed by atoms with Crippen molar-refractivity contribution in [1.82, 2.24) is 14.7 Å². The summed E-state index contributed by atoms with van der Waals surface area (Å²) in [7, 11) is 1.78. The highest BCUT2D eigenvalue weighted by Crippen LogP contribution is 2.24. The highest BCUT2D eigenvalue weighted by Gasteiger charge is 2.25. The molecule has 1 fully saturated rings. The van der Waals surface area contributed by atoms with Gasteiger partial charge in [0.1, 0.15) is 5.82 Å². The number of amides is 3. The van der Waals surface area contributed by atoms with Crippen molar-refractivity contribution in [2.24, 2.45) is 7.05 Å². The minimum Gasteiger partial charge on any atom is -0.323 e. The van der Waals surface area contributed by atoms with E-state index in [0.29, 0.717) is 24.9 Å². The Balaban J connectivity index is 1.40. The van der Waals surface area contributed by atoms with E-state index >= 15 is 0 Å². The number of hydrogen-bond donors (Lipinski definition) is 1. The maximum Gasteiger partial charge on any atom is 0.248 e. The molecule has 3 aromatic rings. The van der Waals surface area contributed by atoms with Crippen LogP contribution in [-0.4, -0.2) is 32.4 Å². The molecule has 0 saturated carbocycles. The number of aromatic nitrogens is 2. The van der Waals surface area contributed by atoms with E-state index < -0.39 is 0 Å². The molecule has 168 valence electrons. The van der Waals surface area contributed by atoms with Crippen molar-refractivity contribution in [1.29, 1.82) is 0 Å². The summed E-state index contributed by atoms with van der Waals surface area (Å²) in [5, 5.41) is 7.02. The molecule has 7 nitrogen and oxygen atoms in total. The summed E-state index contributed by atoms with van der Waals surface area (Å²) in [5.74, 6) is -0.941. The van der Waals surface area contributed by atoms with Gasteiger partial charge in [-0.05, 0) is 54.5 Å². The first-order chi connectivity index (χ1) is 15.9. The number of hydrogen-bond acceptors (Lipinski definition) is 4. The van der Waals surface area contributed by atoms with Crippen molar-refractivity contribution in [3.8, 4) is 11.3 Å². The molecule has 1 aliphatic rings. The third-order valence-electron chi connectivity index (χ3n) is 5.44. The lowest BCUT2D eigenvalue weighted by Gasteiger charge is -2.24. The van der Waals surface area contributed by atoms with E-state index in [1.54, 1.807) is 60.4 Å². The fourth-order valence-electron chi connectivity index (χ4n) is 3.74. The lowest BCUT2D eigenvalue weighted by atomic mass is 10.1. The summed E-state index contributed by atoms with van der Waals surface area (Å²) in [6, 6.07) is 13.1. The van der Waals surface area contributed by atoms with Crippen molar-refractivity contribution in [3.63, 3.8) is 0 Å². The maximum absolute atomic E-state index is 13.2. The number of aryl methyl sites for hydroxylation is 1. The first kappa shape index (κ1) is 22.1. The van der Waals surface area contributed by atoms with Crippen LogP contribution in [0.2, 0.25) is 0 Å². The zero-order chi connectivity index (χ0) is 23.4. The van der Waals surface area contributed by atoms with Gasteiger partial charge in [-0.15, -0.1) is 0 Å². The van der Waals surface area contributed by atoms with Gasteiger partial charge in [-0.2, -0.15) is 5.10 Å². The molecule has 0 radical (unpaired) electrons. The van der Waals surface area contributed by atoms with E-state index in [1.165, 1.54) is 23.1 Å². The normalized spacial score (nSPS) is 14.2. The number of carbonyl (C=O) groups is 3. The van der Waals surface area contributed by atoms with Crippen molar-refractivity contribution in [2.75, 3.05) is 5.32 Å². The van der Waals surface area contributed by atoms with Crippen LogP contribution in [0.3, 0.4) is 0 Å². The molecule has 1 aliphatic heterocycles. The third kappa shape index (κ3) is 5.23. The molecule has 3 amide bonds. The number of carbonyl (C=O) groups excluding carboxylic acids is 3. The molecular weight excluding hydrogens is 423 g/mol. The zero-order valence-corrected chi connectivity index (χ0v) is 18.1. The Hall–Kier alpha value is -4.07. The maximum atomic E-state index is 13.2. The van der Waals surface area contributed by atoms with Crippen LogP contribution in [-0.2, 0) is 28.0 Å². The van der Waals surface area contributed by atoms with Crippen LogP contribution in [0.4, 0.5) is 10.1 Å². The van der Waals surface area contributed by atoms with Crippen molar-refractivity contribution in [2.45, 2.75) is 25.8 Å². The number of benzene rings is 2. The molecule has 2 heterocycles. The van der Waals surface area contributed by atoms with Crippen LogP contribution < -0.4 is 5.32 Å². The number of nitrogens with zero attached hydrogens (tertiary/aromatic N) is 3. The second kappa shape index (κ2) is 9.60. The van der Waals surface area contributed by atoms with Gasteiger partial charge in [-0.1, -0.05) is 12.1 Å². The fourth-order valence-corrected chi connectivity index (χ4v) is 3.74. The second-order valence-electron chi connectivity index (χ2n) is 7.83. The molecule has 33 heavy (non-hydrogen) atoms. The Morgan fingerprint density at radius 1 is 1.06 bits per heavy atom. The number of anilines is 1. The molecule has 1 aromatic heterocycles. The van der Waals surface area contributed by atoms with Crippen LogP contribution in [0.15, 0.2) is 60.8 Å². The van der Waals surface area contributed by atoms with Crippen LogP contribution in [0, 0.1) is 5.82 Å². The van der Waals surface area contributed by atoms with E-state index in [9.17, 15) is 18.8 Å². The molecule has 4 rings (SSSR count). The Morgan fingerprint density at radius 2 is 1.73 bits per heavy atom. The van der Waals surface area contributed by atoms with Crippen molar-refractivity contribution < 1.29 is 18.8 Å². The molecule has 2 aromatic carbocycles. The van der Waals surface area contributed by atoms with Crippen LogP contribution >= 0.6 is 0 Å². The van der Waals surface area contributed by atoms with E-state index in [0.717, 1.165) is 22.4 Å². The molecule has 0 aliphatic carbocycles. The summed E-state index contributed by atoms with van der Waals surface area (Å²) in [6.45, 7) is 0.235. The lowest BCUT2D eigenvalue weighted by molar-refractivity contribution is -0.148. The van der Waals surface area contributed by atoms with Crippen molar-refractivity contribution in [3.05, 3.63) is 77.7 Å². The molecule has 1 saturated heterocycles. The van der Waals surface area contributed by atoms with Gasteiger partial charge in [0, 0.05) is 42.8 Å². The average molecular weight is 446 g/mol. The van der Waals surface area contributed by atoms with Gasteiger partial charge in [-0.3, -0.25) is 24.0 Å². The van der Waals surface area contributed by atoms with Gasteiger partial charge in [0.25, 0.3) is 0 Å². The molecule has 0 spiro atoms. The van der Waals surface area contributed by atoms with Gasteiger partial charge >= 0.3 is 0 Å². The standard InChI is InChI=1S/C25H23FN4O3/c1-29-25(18-7-10-20(26)11-8-18)19(15-27-29)9-14-22(31)28-21-12-5-17(6-13-21)16-30-23(32)3-2-4-24(30)33/h5-15H,2-4,16H2,1H3,(H,28,31). The quantitative estimate of drug-likeness (QED) is 0.460. The fraction of sp³-hybridized carbons (Fsp3) is 0.200. The minimum atomic E-state index is -0.322. The highest BCUT2D eigenvalue weighted by molar-refractivity contribution is 6.02. The monoisotopic (exact) mass is 446 g/mol. The summed E-state index contributed by atoms with van der Waals surface area (Å²) < 4.78 is 14.9. The smallest absolute Gasteiger partial charge is 0.248 e. The van der Waals surface area contributed by atoms with E-state index in [1.807, 2.05) is 0 Å². The van der Waals surface area contributed by atoms with Gasteiger partial charge in [0.2, 0.25) is 17.7 Å². The van der Waals surface area contributed by atoms with Gasteiger partial charge in [0.05, 0.1) is 18.4 Å². The number of rotatable bonds is 6. The van der Waals surface area contributed by atoms with Crippen LogP contribution in [0.25, 0.3) is 17.3 Å². The first-order valence-corrected chi connectivity index (χ1v) is 10.6. The number of piperidine rings is 1. The summed E-state index contributed by atoms with van der Waals surface area (Å²) in [5.41, 5.74) is 3.69. The molecule has 0 atom stereocenters. The van der Waals surface area contributed by atoms with Gasteiger partial charge in [-0.25, -0.2) is 4.39 Å². The Bertz CT molecular complexity index is 1200. The number of halogens is 1. The van der Waals surface area contributed by atoms with Gasteiger partial charge in [0.15, 0.2) is 0 Å². The van der Waals surface area contributed by atoms with E-state index in [2.05, 4.69) is 10.4 Å². The predicted molar refractivity (Wildman–Crippen MR) is 122 cm³/mol. The summed E-state index contributed by atoms with van der Waals surface area (Å²) in [6.07, 6.45) is 6.10. The topological polar surface area (TPSA) is 84.3 Å². The summed E-state index contributed by atoms with van der Waals surface area (Å²) >= 11 is 0. The predicted octanol–water partition coefficient (Wildman–Crippen LogP) is 3.92. The Kier molecular flexibility index (Phi) is 6.44. The third-order valence-corrected chi connectivity index (χ3v) is 5.44. The Morgan fingerprint density at radius 3 is 2.39 bits per heavy atom. The first-order valence-electron chi connectivity index (χ1n) is 10.6. The largest absolute Gasteiger partial charge is 0.323 e. The molecule has 0 unspecified atom stereocenters. The van der Waals surface area contributed by atoms with Crippen LogP contribution in [0.1, 0.15) is 30.4 Å². The number of nitrogens with one attached hydrogen (secondary N) is 1. The van der Waals surface area contributed by atoms with Gasteiger partial charge < -0.3 is 5.32 Å². The minimum absolute atomic E-state index is 0.149. The van der Waals surface area contributed by atoms with Crippen LogP contribution in [0.5, 0.6) is 0 Å². The molecule has 8 heteroatoms. The summed E-state index contributed by atoms with van der Waals surface area (Å²) in [4.78, 5) is 37.6. The Labute approximate surface area is 190 Å².